The molecule has 0 aliphatic carbocycles. The molecule has 0 aromatic carbocycles. The van der Waals surface area contributed by atoms with Crippen LogP contribution in [0.15, 0.2) is 5.70 Å². The second-order valence-electron chi connectivity index (χ2n) is 2.32. The van der Waals surface area contributed by atoms with E-state index in [9.17, 15) is 14.4 Å². The summed E-state index contributed by atoms with van der Waals surface area (Å²) >= 11 is 0. The van der Waals surface area contributed by atoms with E-state index >= 15 is 0 Å². The molecule has 0 unspecified atom stereocenters. The average Bonchev–Trinajstić information content (AvgIpc) is 2.32. The molecule has 1 rings (SSSR count). The largest absolute Gasteiger partial charge is 0.333 e. The number of hydroxylamine groups is 2. The third kappa shape index (κ3) is 1.52. The van der Waals surface area contributed by atoms with Crippen molar-refractivity contribution in [1.82, 2.24) is 5.06 Å². The third-order valence-electron chi connectivity index (χ3n) is 1.38. The van der Waals surface area contributed by atoms with Gasteiger partial charge in [0.2, 0.25) is 0 Å². The molecule has 0 N–H and O–H groups in total. The molecular formula is C7H7NO4. The summed E-state index contributed by atoms with van der Waals surface area (Å²) < 4.78 is 0. The molecule has 1 aliphatic rings. The van der Waals surface area contributed by atoms with Crippen LogP contribution >= 0.6 is 0 Å². The summed E-state index contributed by atoms with van der Waals surface area (Å²) in [5.74, 6) is 0.532. The number of hydrogen-bond acceptors (Lipinski definition) is 4. The van der Waals surface area contributed by atoms with Crippen molar-refractivity contribution in [1.29, 1.82) is 0 Å². The molecule has 64 valence electrons. The predicted molar refractivity (Wildman–Crippen MR) is 37.1 cm³/mol. The minimum atomic E-state index is -0.627. The van der Waals surface area contributed by atoms with E-state index in [1.165, 1.54) is 0 Å². The molecule has 1 fully saturated rings. The minimum Gasteiger partial charge on any atom is -0.333 e. The fraction of sp³-hybridized carbons (Fsp3) is 0.429. The fourth-order valence-electron chi connectivity index (χ4n) is 0.906. The molecule has 1 saturated heterocycles. The first-order valence-electron chi connectivity index (χ1n) is 3.40. The number of hydrogen-bond donors (Lipinski definition) is 0. The summed E-state index contributed by atoms with van der Waals surface area (Å²) in [6, 6.07) is 0. The topological polar surface area (TPSA) is 63.7 Å². The molecule has 1 amide bonds. The lowest BCUT2D eigenvalue weighted by Gasteiger charge is -2.11. The Morgan fingerprint density at radius 2 is 2.25 bits per heavy atom. The van der Waals surface area contributed by atoms with Gasteiger partial charge in [-0.05, 0) is 0 Å². The standard InChI is InChI=1S/C7H7NO4/c1-5(10)12-8-6(4-9)2-3-7(8)11/h2-3H2,1H3. The van der Waals surface area contributed by atoms with Crippen LogP contribution in [-0.2, 0) is 19.2 Å². The Labute approximate surface area is 68.5 Å². The highest BCUT2D eigenvalue weighted by Crippen LogP contribution is 2.19. The quantitative estimate of drug-likeness (QED) is 0.510. The number of carbonyl (C=O) groups excluding carboxylic acids is 3. The Morgan fingerprint density at radius 1 is 1.58 bits per heavy atom. The smallest absolute Gasteiger partial charge is 0.330 e. The van der Waals surface area contributed by atoms with Gasteiger partial charge in [0.15, 0.2) is 0 Å². The van der Waals surface area contributed by atoms with Gasteiger partial charge in [-0.25, -0.2) is 9.59 Å². The van der Waals surface area contributed by atoms with Crippen LogP contribution in [-0.4, -0.2) is 22.9 Å². The number of amides is 1. The van der Waals surface area contributed by atoms with Crippen molar-refractivity contribution >= 4 is 17.8 Å². The van der Waals surface area contributed by atoms with E-state index in [-0.39, 0.29) is 24.4 Å². The second kappa shape index (κ2) is 3.19. The van der Waals surface area contributed by atoms with Crippen molar-refractivity contribution in [2.24, 2.45) is 0 Å². The molecule has 1 heterocycles. The summed E-state index contributed by atoms with van der Waals surface area (Å²) in [6.45, 7) is 1.16. The maximum atomic E-state index is 10.9. The molecule has 5 nitrogen and oxygen atoms in total. The highest BCUT2D eigenvalue weighted by Gasteiger charge is 2.29. The number of allylic oxidation sites excluding steroid dienone is 1. The zero-order chi connectivity index (χ0) is 9.14. The van der Waals surface area contributed by atoms with E-state index in [4.69, 9.17) is 0 Å². The lowest BCUT2D eigenvalue weighted by atomic mass is 10.3. The van der Waals surface area contributed by atoms with Gasteiger partial charge in [-0.15, -0.1) is 5.06 Å². The van der Waals surface area contributed by atoms with Crippen LogP contribution in [0, 0.1) is 0 Å². The Bertz CT molecular complexity index is 277. The van der Waals surface area contributed by atoms with Crippen LogP contribution in [0.2, 0.25) is 0 Å². The molecule has 1 aliphatic heterocycles. The van der Waals surface area contributed by atoms with Gasteiger partial charge in [-0.1, -0.05) is 0 Å². The van der Waals surface area contributed by atoms with Gasteiger partial charge in [-0.3, -0.25) is 4.79 Å². The van der Waals surface area contributed by atoms with E-state index in [1.54, 1.807) is 5.94 Å². The monoisotopic (exact) mass is 169 g/mol. The first-order chi connectivity index (χ1) is 5.65. The van der Waals surface area contributed by atoms with E-state index in [2.05, 4.69) is 4.84 Å². The average molecular weight is 169 g/mol. The Balaban J connectivity index is 2.78. The summed E-state index contributed by atoms with van der Waals surface area (Å²) in [6.07, 6.45) is 0.480. The van der Waals surface area contributed by atoms with Crippen LogP contribution in [0.1, 0.15) is 19.8 Å². The van der Waals surface area contributed by atoms with Crippen molar-refractivity contribution in [2.45, 2.75) is 19.8 Å². The summed E-state index contributed by atoms with van der Waals surface area (Å²) in [4.78, 5) is 36.0. The molecule has 0 spiro atoms. The third-order valence-corrected chi connectivity index (χ3v) is 1.38. The van der Waals surface area contributed by atoms with Gasteiger partial charge in [0.05, 0.1) is 0 Å². The van der Waals surface area contributed by atoms with Crippen molar-refractivity contribution in [3.63, 3.8) is 0 Å². The van der Waals surface area contributed by atoms with Gasteiger partial charge in [0.25, 0.3) is 5.91 Å². The lowest BCUT2D eigenvalue weighted by Crippen LogP contribution is -2.26. The van der Waals surface area contributed by atoms with Crippen LogP contribution in [0.5, 0.6) is 0 Å². The molecule has 12 heavy (non-hydrogen) atoms. The zero-order valence-electron chi connectivity index (χ0n) is 6.49. The van der Waals surface area contributed by atoms with Crippen LogP contribution in [0.4, 0.5) is 0 Å². The van der Waals surface area contributed by atoms with Gasteiger partial charge < -0.3 is 4.84 Å². The van der Waals surface area contributed by atoms with Crippen molar-refractivity contribution in [3.8, 4) is 0 Å². The maximum Gasteiger partial charge on any atom is 0.330 e. The van der Waals surface area contributed by atoms with E-state index in [1.807, 2.05) is 0 Å². The number of nitrogens with zero attached hydrogens (tertiary/aromatic N) is 1. The Kier molecular flexibility index (Phi) is 2.26. The first-order valence-corrected chi connectivity index (χ1v) is 3.40. The van der Waals surface area contributed by atoms with Crippen molar-refractivity contribution < 1.29 is 19.2 Å². The van der Waals surface area contributed by atoms with Crippen LogP contribution < -0.4 is 0 Å². The van der Waals surface area contributed by atoms with Gasteiger partial charge in [-0.2, -0.15) is 0 Å². The highest BCUT2D eigenvalue weighted by molar-refractivity contribution is 5.84. The van der Waals surface area contributed by atoms with E-state index in [0.717, 1.165) is 6.92 Å². The fourth-order valence-corrected chi connectivity index (χ4v) is 0.906. The molecule has 0 bridgehead atoms. The molecule has 0 saturated carbocycles. The molecule has 5 heteroatoms. The van der Waals surface area contributed by atoms with Gasteiger partial charge in [0.1, 0.15) is 11.6 Å². The predicted octanol–water partition coefficient (Wildman–Crippen LogP) is -0.198. The normalized spacial score (nSPS) is 16.2. The molecule has 0 aromatic rings. The molecule has 0 atom stereocenters. The summed E-state index contributed by atoms with van der Waals surface area (Å²) in [5.41, 5.74) is 0.0789. The van der Waals surface area contributed by atoms with Gasteiger partial charge >= 0.3 is 5.97 Å². The molecule has 0 radical (unpaired) electrons. The number of carbonyl (C=O) groups is 2. The summed E-state index contributed by atoms with van der Waals surface area (Å²) in [5, 5.41) is 0.704. The van der Waals surface area contributed by atoms with E-state index < -0.39 is 5.97 Å². The highest BCUT2D eigenvalue weighted by atomic mass is 16.7. The zero-order valence-corrected chi connectivity index (χ0v) is 6.49. The number of rotatable bonds is 1. The SMILES string of the molecule is CC(=O)ON1C(=O)CCC1=C=O. The van der Waals surface area contributed by atoms with Crippen molar-refractivity contribution in [3.05, 3.63) is 5.70 Å². The van der Waals surface area contributed by atoms with Gasteiger partial charge in [0, 0.05) is 19.8 Å². The Morgan fingerprint density at radius 3 is 2.75 bits per heavy atom. The Hall–Kier alpha value is -1.61. The molecular weight excluding hydrogens is 162 g/mol. The maximum absolute atomic E-state index is 10.9. The summed E-state index contributed by atoms with van der Waals surface area (Å²) in [7, 11) is 0. The second-order valence-corrected chi connectivity index (χ2v) is 2.32. The molecule has 0 aromatic heterocycles. The van der Waals surface area contributed by atoms with Crippen LogP contribution in [0.3, 0.4) is 0 Å². The van der Waals surface area contributed by atoms with E-state index in [0.29, 0.717) is 5.06 Å². The first kappa shape index (κ1) is 8.49. The lowest BCUT2D eigenvalue weighted by molar-refractivity contribution is -0.184. The minimum absolute atomic E-state index is 0.0789. The van der Waals surface area contributed by atoms with Crippen molar-refractivity contribution in [2.75, 3.05) is 0 Å². The van der Waals surface area contributed by atoms with Crippen LogP contribution in [0.25, 0.3) is 0 Å².